The Morgan fingerprint density at radius 2 is 2.06 bits per heavy atom. The summed E-state index contributed by atoms with van der Waals surface area (Å²) in [5, 5.41) is 4.42. The molecule has 1 heterocycles. The molecule has 0 atom stereocenters. The van der Waals surface area contributed by atoms with E-state index in [1.165, 1.54) is 37.2 Å². The van der Waals surface area contributed by atoms with Crippen molar-refractivity contribution in [3.8, 4) is 0 Å². The Balaban J connectivity index is 1.74. The molecule has 1 aliphatic carbocycles. The van der Waals surface area contributed by atoms with Crippen molar-refractivity contribution in [2.24, 2.45) is 11.8 Å². The lowest BCUT2D eigenvalue weighted by atomic mass is 9.83. The van der Waals surface area contributed by atoms with Crippen LogP contribution >= 0.6 is 11.5 Å². The van der Waals surface area contributed by atoms with Crippen LogP contribution in [0.4, 0.5) is 5.13 Å². The lowest BCUT2D eigenvalue weighted by Crippen LogP contribution is -2.20. The molecule has 0 amide bonds. The molecule has 0 spiro atoms. The van der Waals surface area contributed by atoms with Crippen LogP contribution in [0.1, 0.15) is 45.4 Å². The second kappa shape index (κ2) is 5.62. The van der Waals surface area contributed by atoms with Crippen molar-refractivity contribution >= 4 is 16.7 Å². The third kappa shape index (κ3) is 3.17. The number of nitrogens with one attached hydrogen (secondary N) is 1. The van der Waals surface area contributed by atoms with Gasteiger partial charge in [0.05, 0.1) is 0 Å². The molecule has 1 aromatic rings. The first kappa shape index (κ1) is 11.8. The Bertz CT molecular complexity index is 316. The topological polar surface area (TPSA) is 37.8 Å². The van der Waals surface area contributed by atoms with Crippen LogP contribution in [0.3, 0.4) is 0 Å². The van der Waals surface area contributed by atoms with Crippen molar-refractivity contribution in [2.45, 2.75) is 46.0 Å². The van der Waals surface area contributed by atoms with Crippen LogP contribution in [-0.4, -0.2) is 15.9 Å². The Hall–Kier alpha value is -0.640. The molecule has 1 aliphatic rings. The standard InChI is InChI=1S/C12H21N3S/c1-3-11-14-12(16-15-11)13-8-10-6-4-9(2)5-7-10/h9-10H,3-8H2,1-2H3,(H,13,14,15). The second-order valence-corrected chi connectivity index (χ2v) is 5.63. The highest BCUT2D eigenvalue weighted by molar-refractivity contribution is 7.09. The smallest absolute Gasteiger partial charge is 0.202 e. The summed E-state index contributed by atoms with van der Waals surface area (Å²) in [5.74, 6) is 2.74. The lowest BCUT2D eigenvalue weighted by Gasteiger charge is -2.25. The van der Waals surface area contributed by atoms with E-state index in [-0.39, 0.29) is 0 Å². The summed E-state index contributed by atoms with van der Waals surface area (Å²) in [4.78, 5) is 4.42. The first-order chi connectivity index (χ1) is 7.78. The molecule has 1 aromatic heterocycles. The molecule has 1 fully saturated rings. The summed E-state index contributed by atoms with van der Waals surface area (Å²) in [7, 11) is 0. The minimum absolute atomic E-state index is 0.838. The minimum Gasteiger partial charge on any atom is -0.360 e. The quantitative estimate of drug-likeness (QED) is 0.875. The fourth-order valence-corrected chi connectivity index (χ4v) is 2.89. The fourth-order valence-electron chi connectivity index (χ4n) is 2.23. The zero-order valence-corrected chi connectivity index (χ0v) is 11.0. The first-order valence-corrected chi connectivity index (χ1v) is 7.11. The molecule has 3 nitrogen and oxygen atoms in total. The van der Waals surface area contributed by atoms with E-state index in [0.29, 0.717) is 0 Å². The first-order valence-electron chi connectivity index (χ1n) is 6.34. The highest BCUT2D eigenvalue weighted by Gasteiger charge is 2.18. The lowest BCUT2D eigenvalue weighted by molar-refractivity contribution is 0.300. The van der Waals surface area contributed by atoms with E-state index < -0.39 is 0 Å². The predicted octanol–water partition coefficient (Wildman–Crippen LogP) is 3.34. The third-order valence-electron chi connectivity index (χ3n) is 3.46. The molecule has 2 rings (SSSR count). The van der Waals surface area contributed by atoms with Gasteiger partial charge in [-0.2, -0.15) is 4.37 Å². The molecule has 0 radical (unpaired) electrons. The van der Waals surface area contributed by atoms with Gasteiger partial charge in [0.25, 0.3) is 0 Å². The van der Waals surface area contributed by atoms with Gasteiger partial charge in [0.1, 0.15) is 5.82 Å². The van der Waals surface area contributed by atoms with Crippen molar-refractivity contribution in [1.29, 1.82) is 0 Å². The van der Waals surface area contributed by atoms with E-state index in [0.717, 1.165) is 35.8 Å². The largest absolute Gasteiger partial charge is 0.360 e. The van der Waals surface area contributed by atoms with E-state index in [4.69, 9.17) is 0 Å². The Morgan fingerprint density at radius 1 is 1.31 bits per heavy atom. The van der Waals surface area contributed by atoms with Crippen molar-refractivity contribution in [3.05, 3.63) is 5.82 Å². The van der Waals surface area contributed by atoms with Crippen LogP contribution in [0.25, 0.3) is 0 Å². The van der Waals surface area contributed by atoms with E-state index >= 15 is 0 Å². The normalized spacial score (nSPS) is 25.6. The number of hydrogen-bond donors (Lipinski definition) is 1. The molecule has 1 N–H and O–H groups in total. The minimum atomic E-state index is 0.838. The molecule has 4 heteroatoms. The molecular formula is C12H21N3S. The highest BCUT2D eigenvalue weighted by Crippen LogP contribution is 2.28. The number of anilines is 1. The Labute approximate surface area is 102 Å². The summed E-state index contributed by atoms with van der Waals surface area (Å²) < 4.78 is 4.28. The van der Waals surface area contributed by atoms with Gasteiger partial charge >= 0.3 is 0 Å². The molecule has 90 valence electrons. The monoisotopic (exact) mass is 239 g/mol. The SMILES string of the molecule is CCc1nsc(NCC2CCC(C)CC2)n1. The van der Waals surface area contributed by atoms with Gasteiger partial charge < -0.3 is 5.32 Å². The van der Waals surface area contributed by atoms with Crippen molar-refractivity contribution in [2.75, 3.05) is 11.9 Å². The van der Waals surface area contributed by atoms with Crippen molar-refractivity contribution in [3.63, 3.8) is 0 Å². The summed E-state index contributed by atoms with van der Waals surface area (Å²) in [6, 6.07) is 0. The van der Waals surface area contributed by atoms with Gasteiger partial charge in [-0.05, 0) is 24.7 Å². The predicted molar refractivity (Wildman–Crippen MR) is 68.9 cm³/mol. The maximum atomic E-state index is 4.42. The van der Waals surface area contributed by atoms with Gasteiger partial charge in [0.2, 0.25) is 5.13 Å². The van der Waals surface area contributed by atoms with Crippen LogP contribution in [-0.2, 0) is 6.42 Å². The third-order valence-corrected chi connectivity index (χ3v) is 4.17. The Morgan fingerprint density at radius 3 is 2.69 bits per heavy atom. The Kier molecular flexibility index (Phi) is 4.16. The van der Waals surface area contributed by atoms with Gasteiger partial charge in [0, 0.05) is 24.5 Å². The van der Waals surface area contributed by atoms with Gasteiger partial charge in [-0.1, -0.05) is 26.7 Å². The number of aromatic nitrogens is 2. The van der Waals surface area contributed by atoms with Crippen LogP contribution in [0.2, 0.25) is 0 Å². The van der Waals surface area contributed by atoms with Crippen LogP contribution in [0, 0.1) is 11.8 Å². The maximum absolute atomic E-state index is 4.42. The summed E-state index contributed by atoms with van der Waals surface area (Å²) in [6.45, 7) is 5.53. The number of aryl methyl sites for hydroxylation is 1. The molecule has 0 unspecified atom stereocenters. The van der Waals surface area contributed by atoms with Crippen molar-refractivity contribution < 1.29 is 0 Å². The van der Waals surface area contributed by atoms with Gasteiger partial charge in [0.15, 0.2) is 0 Å². The molecule has 0 aliphatic heterocycles. The van der Waals surface area contributed by atoms with Gasteiger partial charge in [-0.3, -0.25) is 0 Å². The summed E-state index contributed by atoms with van der Waals surface area (Å²) in [6.07, 6.45) is 6.45. The van der Waals surface area contributed by atoms with E-state index in [1.807, 2.05) is 0 Å². The fraction of sp³-hybridized carbons (Fsp3) is 0.833. The molecular weight excluding hydrogens is 218 g/mol. The average Bonchev–Trinajstić information content (AvgIpc) is 2.76. The number of nitrogens with zero attached hydrogens (tertiary/aromatic N) is 2. The zero-order valence-electron chi connectivity index (χ0n) is 10.2. The summed E-state index contributed by atoms with van der Waals surface area (Å²) >= 11 is 1.49. The maximum Gasteiger partial charge on any atom is 0.202 e. The highest BCUT2D eigenvalue weighted by atomic mass is 32.1. The van der Waals surface area contributed by atoms with E-state index in [1.54, 1.807) is 0 Å². The second-order valence-electron chi connectivity index (χ2n) is 4.88. The van der Waals surface area contributed by atoms with Crippen LogP contribution in [0.5, 0.6) is 0 Å². The van der Waals surface area contributed by atoms with Crippen LogP contribution < -0.4 is 5.32 Å². The van der Waals surface area contributed by atoms with E-state index in [9.17, 15) is 0 Å². The molecule has 0 bridgehead atoms. The molecule has 0 saturated heterocycles. The molecule has 16 heavy (non-hydrogen) atoms. The zero-order chi connectivity index (χ0) is 11.4. The number of hydrogen-bond acceptors (Lipinski definition) is 4. The number of rotatable bonds is 4. The van der Waals surface area contributed by atoms with Gasteiger partial charge in [-0.15, -0.1) is 0 Å². The average molecular weight is 239 g/mol. The van der Waals surface area contributed by atoms with Gasteiger partial charge in [-0.25, -0.2) is 4.98 Å². The summed E-state index contributed by atoms with van der Waals surface area (Å²) in [5.41, 5.74) is 0. The van der Waals surface area contributed by atoms with Crippen LogP contribution in [0.15, 0.2) is 0 Å². The van der Waals surface area contributed by atoms with E-state index in [2.05, 4.69) is 28.5 Å². The molecule has 1 saturated carbocycles. The van der Waals surface area contributed by atoms with Crippen molar-refractivity contribution in [1.82, 2.24) is 9.36 Å². The molecule has 0 aromatic carbocycles.